The van der Waals surface area contributed by atoms with Crippen LogP contribution in [0.4, 0.5) is 4.79 Å². The summed E-state index contributed by atoms with van der Waals surface area (Å²) in [5.74, 6) is 2.50. The Labute approximate surface area is 131 Å². The molecule has 0 aromatic carbocycles. The van der Waals surface area contributed by atoms with E-state index in [0.717, 1.165) is 37.0 Å². The summed E-state index contributed by atoms with van der Waals surface area (Å²) in [4.78, 5) is 23.9. The van der Waals surface area contributed by atoms with Crippen LogP contribution in [0.25, 0.3) is 0 Å². The fraction of sp³-hybridized carbons (Fsp3) is 0.765. The zero-order valence-electron chi connectivity index (χ0n) is 13.1. The van der Waals surface area contributed by atoms with Crippen LogP contribution in [0.1, 0.15) is 38.5 Å². The van der Waals surface area contributed by atoms with Crippen LogP contribution in [-0.2, 0) is 9.53 Å². The molecule has 2 N–H and O–H groups in total. The van der Waals surface area contributed by atoms with Crippen molar-refractivity contribution in [2.24, 2.45) is 23.2 Å². The van der Waals surface area contributed by atoms with Gasteiger partial charge in [0.05, 0.1) is 0 Å². The van der Waals surface area contributed by atoms with Gasteiger partial charge in [0.15, 0.2) is 0 Å². The molecule has 0 aliphatic heterocycles. The van der Waals surface area contributed by atoms with E-state index in [-0.39, 0.29) is 17.9 Å². The number of nitrogens with one attached hydrogen (secondary N) is 2. The monoisotopic (exact) mass is 306 g/mol. The topological polar surface area (TPSA) is 67.4 Å². The highest BCUT2D eigenvalue weighted by Crippen LogP contribution is 2.60. The molecule has 0 heterocycles. The third kappa shape index (κ3) is 3.13. The molecule has 2 amide bonds. The van der Waals surface area contributed by atoms with Crippen LogP contribution in [0.3, 0.4) is 0 Å². The van der Waals surface area contributed by atoms with Gasteiger partial charge in [0.2, 0.25) is 5.91 Å². The largest absolute Gasteiger partial charge is 0.445 e. The van der Waals surface area contributed by atoms with Crippen LogP contribution >= 0.6 is 0 Å². The van der Waals surface area contributed by atoms with Crippen molar-refractivity contribution in [2.75, 3.05) is 19.7 Å². The van der Waals surface area contributed by atoms with Crippen molar-refractivity contribution in [3.8, 4) is 0 Å². The maximum Gasteiger partial charge on any atom is 0.407 e. The first-order valence-electron chi connectivity index (χ1n) is 8.41. The maximum absolute atomic E-state index is 12.6. The molecule has 0 aromatic heterocycles. The number of amides is 2. The highest BCUT2D eigenvalue weighted by Gasteiger charge is 2.54. The summed E-state index contributed by atoms with van der Waals surface area (Å²) in [5.41, 5.74) is -0.113. The second-order valence-corrected chi connectivity index (χ2v) is 7.27. The lowest BCUT2D eigenvalue weighted by Gasteiger charge is -2.55. The molecule has 0 unspecified atom stereocenters. The lowest BCUT2D eigenvalue weighted by atomic mass is 9.49. The smallest absolute Gasteiger partial charge is 0.407 e. The lowest BCUT2D eigenvalue weighted by Crippen LogP contribution is -2.54. The van der Waals surface area contributed by atoms with Crippen molar-refractivity contribution in [2.45, 2.75) is 38.5 Å². The Hall–Kier alpha value is -1.52. The summed E-state index contributed by atoms with van der Waals surface area (Å²) < 4.78 is 4.82. The maximum atomic E-state index is 12.6. The molecular formula is C17H26N2O3. The number of rotatable bonds is 6. The van der Waals surface area contributed by atoms with E-state index in [1.165, 1.54) is 25.3 Å². The van der Waals surface area contributed by atoms with E-state index in [9.17, 15) is 9.59 Å². The summed E-state index contributed by atoms with van der Waals surface area (Å²) in [7, 11) is 0. The Balaban J connectivity index is 1.43. The molecule has 4 aliphatic carbocycles. The van der Waals surface area contributed by atoms with Gasteiger partial charge in [-0.05, 0) is 56.3 Å². The van der Waals surface area contributed by atoms with E-state index in [4.69, 9.17) is 4.74 Å². The molecule has 22 heavy (non-hydrogen) atoms. The highest BCUT2D eigenvalue weighted by atomic mass is 16.5. The zero-order valence-corrected chi connectivity index (χ0v) is 13.1. The van der Waals surface area contributed by atoms with E-state index < -0.39 is 6.09 Å². The fourth-order valence-electron chi connectivity index (χ4n) is 5.10. The normalized spacial score (nSPS) is 35.0. The minimum Gasteiger partial charge on any atom is -0.445 e. The van der Waals surface area contributed by atoms with Gasteiger partial charge in [-0.1, -0.05) is 12.7 Å². The quantitative estimate of drug-likeness (QED) is 0.584. The number of hydrogen-bond acceptors (Lipinski definition) is 3. The first-order chi connectivity index (χ1) is 10.6. The molecule has 4 fully saturated rings. The SMILES string of the molecule is C=CCOC(=O)NCCNC(=O)C12CC3CC(CC(C3)C1)C2. The number of carbonyl (C=O) groups is 2. The van der Waals surface area contributed by atoms with Gasteiger partial charge in [0.25, 0.3) is 0 Å². The minimum absolute atomic E-state index is 0.113. The van der Waals surface area contributed by atoms with Gasteiger partial charge in [0, 0.05) is 18.5 Å². The predicted octanol–water partition coefficient (Wildman–Crippen LogP) is 2.23. The molecule has 0 radical (unpaired) electrons. The predicted molar refractivity (Wildman–Crippen MR) is 83.2 cm³/mol. The first kappa shape index (κ1) is 15.4. The van der Waals surface area contributed by atoms with Crippen LogP contribution in [0.15, 0.2) is 12.7 Å². The van der Waals surface area contributed by atoms with Crippen LogP contribution in [0, 0.1) is 23.2 Å². The van der Waals surface area contributed by atoms with Crippen LogP contribution in [0.2, 0.25) is 0 Å². The van der Waals surface area contributed by atoms with Crippen molar-refractivity contribution in [1.82, 2.24) is 10.6 Å². The van der Waals surface area contributed by atoms with Gasteiger partial charge in [-0.25, -0.2) is 4.79 Å². The Kier molecular flexibility index (Phi) is 4.41. The van der Waals surface area contributed by atoms with Crippen molar-refractivity contribution in [3.63, 3.8) is 0 Å². The fourth-order valence-corrected chi connectivity index (χ4v) is 5.10. The summed E-state index contributed by atoms with van der Waals surface area (Å²) in [6, 6.07) is 0. The summed E-state index contributed by atoms with van der Waals surface area (Å²) in [6.07, 6.45) is 8.27. The lowest BCUT2D eigenvalue weighted by molar-refractivity contribution is -0.146. The van der Waals surface area contributed by atoms with E-state index in [2.05, 4.69) is 17.2 Å². The highest BCUT2D eigenvalue weighted by molar-refractivity contribution is 5.83. The van der Waals surface area contributed by atoms with Gasteiger partial charge < -0.3 is 15.4 Å². The third-order valence-electron chi connectivity index (χ3n) is 5.53. The number of alkyl carbamates (subject to hydrolysis) is 1. The van der Waals surface area contributed by atoms with Crippen LogP contribution in [0.5, 0.6) is 0 Å². The zero-order chi connectivity index (χ0) is 15.6. The Morgan fingerprint density at radius 3 is 2.14 bits per heavy atom. The van der Waals surface area contributed by atoms with E-state index in [1.54, 1.807) is 0 Å². The third-order valence-corrected chi connectivity index (χ3v) is 5.53. The Morgan fingerprint density at radius 1 is 1.05 bits per heavy atom. The molecule has 4 saturated carbocycles. The molecule has 5 heteroatoms. The average molecular weight is 306 g/mol. The average Bonchev–Trinajstić information content (AvgIpc) is 2.48. The van der Waals surface area contributed by atoms with Crippen molar-refractivity contribution >= 4 is 12.0 Å². The molecule has 0 spiro atoms. The molecule has 4 bridgehead atoms. The van der Waals surface area contributed by atoms with Crippen molar-refractivity contribution in [1.29, 1.82) is 0 Å². The minimum atomic E-state index is -0.469. The van der Waals surface area contributed by atoms with E-state index >= 15 is 0 Å². The van der Waals surface area contributed by atoms with Crippen molar-refractivity contribution < 1.29 is 14.3 Å². The molecular weight excluding hydrogens is 280 g/mol. The number of hydrogen-bond donors (Lipinski definition) is 2. The second-order valence-electron chi connectivity index (χ2n) is 7.27. The molecule has 4 aliphatic rings. The van der Waals surface area contributed by atoms with Gasteiger partial charge in [-0.15, -0.1) is 0 Å². The molecule has 4 rings (SSSR count). The van der Waals surface area contributed by atoms with E-state index in [0.29, 0.717) is 13.1 Å². The first-order valence-corrected chi connectivity index (χ1v) is 8.41. The summed E-state index contributed by atoms with van der Waals surface area (Å²) in [6.45, 7) is 4.54. The Bertz CT molecular complexity index is 426. The van der Waals surface area contributed by atoms with Gasteiger partial charge in [-0.3, -0.25) is 4.79 Å². The van der Waals surface area contributed by atoms with Crippen LogP contribution < -0.4 is 10.6 Å². The van der Waals surface area contributed by atoms with Crippen molar-refractivity contribution in [3.05, 3.63) is 12.7 Å². The molecule has 122 valence electrons. The second kappa shape index (κ2) is 6.31. The Morgan fingerprint density at radius 2 is 1.59 bits per heavy atom. The molecule has 0 atom stereocenters. The number of ether oxygens (including phenoxy) is 1. The van der Waals surface area contributed by atoms with Crippen LogP contribution in [-0.4, -0.2) is 31.7 Å². The standard InChI is InChI=1S/C17H26N2O3/c1-2-5-22-16(21)19-4-3-18-15(20)17-9-12-6-13(10-17)8-14(7-12)11-17/h2,12-14H,1,3-11H2,(H,18,20)(H,19,21). The summed E-state index contributed by atoms with van der Waals surface area (Å²) in [5, 5.41) is 5.64. The van der Waals surface area contributed by atoms with Gasteiger partial charge in [0.1, 0.15) is 6.61 Å². The van der Waals surface area contributed by atoms with Gasteiger partial charge >= 0.3 is 6.09 Å². The number of carbonyl (C=O) groups excluding carboxylic acids is 2. The summed E-state index contributed by atoms with van der Waals surface area (Å²) >= 11 is 0. The molecule has 5 nitrogen and oxygen atoms in total. The molecule has 0 aromatic rings. The van der Waals surface area contributed by atoms with E-state index in [1.807, 2.05) is 0 Å². The van der Waals surface area contributed by atoms with Gasteiger partial charge in [-0.2, -0.15) is 0 Å². The molecule has 0 saturated heterocycles.